The van der Waals surface area contributed by atoms with Crippen LogP contribution in [0.3, 0.4) is 0 Å². The molecule has 0 saturated heterocycles. The van der Waals surface area contributed by atoms with Crippen LogP contribution in [-0.4, -0.2) is 29.2 Å². The summed E-state index contributed by atoms with van der Waals surface area (Å²) in [5.74, 6) is 1.97. The maximum absolute atomic E-state index is 5.43. The molecular formula is C24H20N4O2S. The predicted molar refractivity (Wildman–Crippen MR) is 126 cm³/mol. The average molecular weight is 429 g/mol. The molecule has 0 bridgehead atoms. The Morgan fingerprint density at radius 1 is 0.839 bits per heavy atom. The quantitative estimate of drug-likeness (QED) is 0.372. The number of thiazole rings is 1. The molecule has 154 valence electrons. The van der Waals surface area contributed by atoms with Crippen LogP contribution >= 0.6 is 11.3 Å². The number of aryl methyl sites for hydroxylation is 1. The number of methoxy groups -OCH3 is 2. The first-order chi connectivity index (χ1) is 15.1. The highest BCUT2D eigenvalue weighted by Crippen LogP contribution is 2.35. The van der Waals surface area contributed by atoms with Crippen molar-refractivity contribution in [2.75, 3.05) is 19.5 Å². The van der Waals surface area contributed by atoms with Gasteiger partial charge in [0.05, 0.1) is 30.0 Å². The number of benzene rings is 3. The second-order valence-corrected chi connectivity index (χ2v) is 8.17. The largest absolute Gasteiger partial charge is 0.493 e. The number of rotatable bonds is 5. The van der Waals surface area contributed by atoms with Gasteiger partial charge in [0.25, 0.3) is 0 Å². The van der Waals surface area contributed by atoms with Crippen LogP contribution in [0, 0.1) is 6.92 Å². The molecule has 2 heterocycles. The van der Waals surface area contributed by atoms with Crippen LogP contribution in [-0.2, 0) is 0 Å². The maximum Gasteiger partial charge on any atom is 0.162 e. The van der Waals surface area contributed by atoms with Crippen LogP contribution in [0.15, 0.2) is 60.9 Å². The van der Waals surface area contributed by atoms with Crippen molar-refractivity contribution in [1.29, 1.82) is 0 Å². The number of anilines is 2. The smallest absolute Gasteiger partial charge is 0.162 e. The summed E-state index contributed by atoms with van der Waals surface area (Å²) in [6, 6.07) is 18.3. The van der Waals surface area contributed by atoms with E-state index >= 15 is 0 Å². The summed E-state index contributed by atoms with van der Waals surface area (Å²) >= 11 is 1.71. The molecule has 2 aromatic heterocycles. The minimum absolute atomic E-state index is 0.634. The van der Waals surface area contributed by atoms with Gasteiger partial charge in [-0.25, -0.2) is 15.0 Å². The molecule has 5 rings (SSSR count). The first-order valence-corrected chi connectivity index (χ1v) is 10.6. The molecule has 1 N–H and O–H groups in total. The molecule has 0 aliphatic carbocycles. The fraction of sp³-hybridized carbons (Fsp3) is 0.125. The summed E-state index contributed by atoms with van der Waals surface area (Å²) in [5, 5.41) is 5.25. The summed E-state index contributed by atoms with van der Waals surface area (Å²) in [7, 11) is 3.22. The molecule has 0 aliphatic heterocycles. The Kier molecular flexibility index (Phi) is 4.88. The first-order valence-electron chi connectivity index (χ1n) is 9.76. The lowest BCUT2D eigenvalue weighted by molar-refractivity contribution is 0.356. The fourth-order valence-electron chi connectivity index (χ4n) is 3.47. The van der Waals surface area contributed by atoms with Crippen LogP contribution in [0.1, 0.15) is 5.56 Å². The monoisotopic (exact) mass is 428 g/mol. The van der Waals surface area contributed by atoms with Crippen LogP contribution in [0.5, 0.6) is 11.5 Å². The standard InChI is InChI=1S/C24H20N4O2S/c1-14-4-9-18-22(10-14)31-24(28-18)15-5-7-16(8-6-15)27-23-17-11-20(29-2)21(30-3)12-19(17)25-13-26-23/h4-13H,1-3H3,(H,25,26,27). The highest BCUT2D eigenvalue weighted by molar-refractivity contribution is 7.21. The summed E-state index contributed by atoms with van der Waals surface area (Å²) in [4.78, 5) is 13.5. The zero-order chi connectivity index (χ0) is 21.4. The summed E-state index contributed by atoms with van der Waals surface area (Å²) in [5.41, 5.74) is 5.06. The van der Waals surface area contributed by atoms with Crippen LogP contribution in [0.4, 0.5) is 11.5 Å². The lowest BCUT2D eigenvalue weighted by atomic mass is 10.2. The molecule has 0 radical (unpaired) electrons. The van der Waals surface area contributed by atoms with Gasteiger partial charge in [0, 0.05) is 22.7 Å². The van der Waals surface area contributed by atoms with Crippen molar-refractivity contribution in [2.24, 2.45) is 0 Å². The van der Waals surface area contributed by atoms with Crippen LogP contribution in [0.2, 0.25) is 0 Å². The van der Waals surface area contributed by atoms with E-state index < -0.39 is 0 Å². The minimum atomic E-state index is 0.634. The number of hydrogen-bond acceptors (Lipinski definition) is 7. The number of fused-ring (bicyclic) bond motifs is 2. The number of aromatic nitrogens is 3. The first kappa shape index (κ1) is 19.3. The van der Waals surface area contributed by atoms with Gasteiger partial charge in [0.15, 0.2) is 11.5 Å². The van der Waals surface area contributed by atoms with Crippen molar-refractivity contribution >= 4 is 44.0 Å². The highest BCUT2D eigenvalue weighted by Gasteiger charge is 2.12. The maximum atomic E-state index is 5.43. The second-order valence-electron chi connectivity index (χ2n) is 7.14. The van der Waals surface area contributed by atoms with E-state index in [0.29, 0.717) is 17.3 Å². The van der Waals surface area contributed by atoms with Crippen molar-refractivity contribution in [3.05, 3.63) is 66.5 Å². The van der Waals surface area contributed by atoms with Crippen LogP contribution in [0.25, 0.3) is 31.7 Å². The molecule has 6 nitrogen and oxygen atoms in total. The number of hydrogen-bond donors (Lipinski definition) is 1. The molecule has 3 aromatic carbocycles. The third kappa shape index (κ3) is 3.64. The molecule has 5 aromatic rings. The molecular weight excluding hydrogens is 408 g/mol. The van der Waals surface area contributed by atoms with Gasteiger partial charge in [-0.15, -0.1) is 11.3 Å². The molecule has 0 saturated carbocycles. The van der Waals surface area contributed by atoms with E-state index in [1.165, 1.54) is 16.6 Å². The Morgan fingerprint density at radius 3 is 2.39 bits per heavy atom. The molecule has 0 amide bonds. The summed E-state index contributed by atoms with van der Waals surface area (Å²) in [6.45, 7) is 2.10. The van der Waals surface area contributed by atoms with Gasteiger partial charge in [-0.05, 0) is 55.0 Å². The van der Waals surface area contributed by atoms with Gasteiger partial charge in [-0.2, -0.15) is 0 Å². The SMILES string of the molecule is COc1cc2ncnc(Nc3ccc(-c4nc5ccc(C)cc5s4)cc3)c2cc1OC. The average Bonchev–Trinajstić information content (AvgIpc) is 3.22. The lowest BCUT2D eigenvalue weighted by Gasteiger charge is -2.12. The van der Waals surface area contributed by atoms with Crippen molar-refractivity contribution in [2.45, 2.75) is 6.92 Å². The van der Waals surface area contributed by atoms with Crippen molar-refractivity contribution in [3.63, 3.8) is 0 Å². The predicted octanol–water partition coefficient (Wildman–Crippen LogP) is 5.98. The van der Waals surface area contributed by atoms with Crippen molar-refractivity contribution < 1.29 is 9.47 Å². The third-order valence-corrected chi connectivity index (χ3v) is 6.15. The van der Waals surface area contributed by atoms with Crippen molar-refractivity contribution in [3.8, 4) is 22.1 Å². The topological polar surface area (TPSA) is 69.2 Å². The summed E-state index contributed by atoms with van der Waals surface area (Å²) < 4.78 is 12.0. The van der Waals surface area contributed by atoms with E-state index in [4.69, 9.17) is 14.5 Å². The van der Waals surface area contributed by atoms with E-state index in [1.54, 1.807) is 25.6 Å². The number of nitrogens with zero attached hydrogens (tertiary/aromatic N) is 3. The lowest BCUT2D eigenvalue weighted by Crippen LogP contribution is -1.98. The number of nitrogens with one attached hydrogen (secondary N) is 1. The molecule has 0 atom stereocenters. The van der Waals surface area contributed by atoms with Gasteiger partial charge in [0.1, 0.15) is 17.2 Å². The van der Waals surface area contributed by atoms with Crippen molar-refractivity contribution in [1.82, 2.24) is 15.0 Å². The van der Waals surface area contributed by atoms with E-state index in [2.05, 4.69) is 52.5 Å². The van der Waals surface area contributed by atoms with E-state index in [0.717, 1.165) is 32.7 Å². The number of ether oxygens (including phenoxy) is 2. The molecule has 7 heteroatoms. The highest BCUT2D eigenvalue weighted by atomic mass is 32.1. The summed E-state index contributed by atoms with van der Waals surface area (Å²) in [6.07, 6.45) is 1.54. The minimum Gasteiger partial charge on any atom is -0.493 e. The Balaban J connectivity index is 1.46. The molecule has 31 heavy (non-hydrogen) atoms. The van der Waals surface area contributed by atoms with Gasteiger partial charge >= 0.3 is 0 Å². The van der Waals surface area contributed by atoms with Gasteiger partial charge in [-0.1, -0.05) is 6.07 Å². The zero-order valence-corrected chi connectivity index (χ0v) is 18.2. The Hall–Kier alpha value is -3.71. The third-order valence-electron chi connectivity index (χ3n) is 5.08. The Bertz CT molecular complexity index is 1400. The van der Waals surface area contributed by atoms with E-state index in [1.807, 2.05) is 24.3 Å². The molecule has 0 aliphatic rings. The second kappa shape index (κ2) is 7.85. The van der Waals surface area contributed by atoms with Gasteiger partial charge in [0.2, 0.25) is 0 Å². The molecule has 0 fully saturated rings. The molecule has 0 spiro atoms. The Morgan fingerprint density at radius 2 is 1.61 bits per heavy atom. The Labute approximate surface area is 183 Å². The van der Waals surface area contributed by atoms with Gasteiger partial charge in [-0.3, -0.25) is 0 Å². The van der Waals surface area contributed by atoms with Crippen LogP contribution < -0.4 is 14.8 Å². The fourth-order valence-corrected chi connectivity index (χ4v) is 4.54. The molecule has 0 unspecified atom stereocenters. The van der Waals surface area contributed by atoms with E-state index in [-0.39, 0.29) is 0 Å². The normalized spacial score (nSPS) is 11.1. The van der Waals surface area contributed by atoms with E-state index in [9.17, 15) is 0 Å². The van der Waals surface area contributed by atoms with Gasteiger partial charge < -0.3 is 14.8 Å². The zero-order valence-electron chi connectivity index (χ0n) is 17.3.